The second-order valence-corrected chi connectivity index (χ2v) is 15.4. The minimum absolute atomic E-state index is 0.0786. The third-order valence-corrected chi connectivity index (χ3v) is 9.95. The van der Waals surface area contributed by atoms with Gasteiger partial charge in [0, 0.05) is 6.42 Å². The van der Waals surface area contributed by atoms with Crippen LogP contribution in [0.4, 0.5) is 0 Å². The van der Waals surface area contributed by atoms with Gasteiger partial charge in [0.25, 0.3) is 0 Å². The SMILES string of the molecule is CC/C=C\C/C=C\C/C=C\C/C=C\C/C=C\C/C=C\C/C=C\C/C=C\C/C=C\CCCCCCCCCCCCCCCC(=O)NC(CO)C(O)/C=C/CCCCC. The smallest absolute Gasteiger partial charge is 0.220 e. The molecular weight excluding hydrogens is 711 g/mol. The van der Waals surface area contributed by atoms with Gasteiger partial charge < -0.3 is 15.5 Å². The van der Waals surface area contributed by atoms with Gasteiger partial charge in [0.05, 0.1) is 18.8 Å². The number of aliphatic hydroxyl groups is 2. The molecule has 1 amide bonds. The Labute approximate surface area is 358 Å². The molecule has 0 aromatic rings. The van der Waals surface area contributed by atoms with Gasteiger partial charge in [-0.25, -0.2) is 0 Å². The summed E-state index contributed by atoms with van der Waals surface area (Å²) in [6, 6.07) is -0.625. The molecule has 4 heteroatoms. The van der Waals surface area contributed by atoms with Crippen molar-refractivity contribution in [1.29, 1.82) is 0 Å². The van der Waals surface area contributed by atoms with Gasteiger partial charge in [-0.05, 0) is 89.9 Å². The maximum absolute atomic E-state index is 12.3. The van der Waals surface area contributed by atoms with Gasteiger partial charge in [0.1, 0.15) is 0 Å². The lowest BCUT2D eigenvalue weighted by Gasteiger charge is -2.20. The predicted molar refractivity (Wildman–Crippen MR) is 257 cm³/mol. The first-order valence-corrected chi connectivity index (χ1v) is 23.7. The molecule has 0 aliphatic carbocycles. The summed E-state index contributed by atoms with van der Waals surface area (Å²) in [4.78, 5) is 12.3. The highest BCUT2D eigenvalue weighted by Crippen LogP contribution is 2.14. The molecular formula is C54H89NO3. The zero-order valence-corrected chi connectivity index (χ0v) is 37.5. The Morgan fingerprint density at radius 3 is 1.14 bits per heavy atom. The van der Waals surface area contributed by atoms with Crippen LogP contribution in [-0.4, -0.2) is 34.9 Å². The minimum Gasteiger partial charge on any atom is -0.394 e. The third kappa shape index (κ3) is 43.9. The molecule has 0 aliphatic heterocycles. The summed E-state index contributed by atoms with van der Waals surface area (Å²) < 4.78 is 0. The molecule has 328 valence electrons. The van der Waals surface area contributed by atoms with Crippen LogP contribution in [0.5, 0.6) is 0 Å². The van der Waals surface area contributed by atoms with Crippen LogP contribution in [0.3, 0.4) is 0 Å². The van der Waals surface area contributed by atoms with Crippen LogP contribution in [0.1, 0.15) is 194 Å². The summed E-state index contributed by atoms with van der Waals surface area (Å²) >= 11 is 0. The highest BCUT2D eigenvalue weighted by Gasteiger charge is 2.17. The van der Waals surface area contributed by atoms with Crippen molar-refractivity contribution < 1.29 is 15.0 Å². The Balaban J connectivity index is 3.53. The molecule has 0 aromatic heterocycles. The summed E-state index contributed by atoms with van der Waals surface area (Å²) in [5, 5.41) is 22.6. The average molecular weight is 800 g/mol. The third-order valence-electron chi connectivity index (χ3n) is 9.95. The standard InChI is InChI=1S/C54H89NO3/c1-3-5-7-9-10-11-12-13-14-15-16-17-18-19-20-21-22-23-24-25-26-27-28-29-30-31-32-33-34-35-36-37-38-39-40-41-42-43-44-46-48-50-54(58)55-52(51-56)53(57)49-47-45-8-6-4-2/h5,7,10-11,13-14,16-17,19-20,22-23,25-26,28-29,31-32,47,49,52-53,56-57H,3-4,6,8-9,12,15,18,21,24,27,30,33-46,48,50-51H2,1-2H3,(H,55,58)/b7-5-,11-10-,14-13-,17-16-,20-19-,23-22-,26-25-,29-28-,32-31-,49-47+. The van der Waals surface area contributed by atoms with Crippen molar-refractivity contribution in [2.75, 3.05) is 6.61 Å². The highest BCUT2D eigenvalue weighted by molar-refractivity contribution is 5.76. The number of carbonyl (C=O) groups excluding carboxylic acids is 1. The van der Waals surface area contributed by atoms with Crippen LogP contribution in [0, 0.1) is 0 Å². The van der Waals surface area contributed by atoms with Crippen molar-refractivity contribution in [2.24, 2.45) is 0 Å². The van der Waals surface area contributed by atoms with Crippen molar-refractivity contribution in [3.8, 4) is 0 Å². The van der Waals surface area contributed by atoms with Gasteiger partial charge >= 0.3 is 0 Å². The van der Waals surface area contributed by atoms with Crippen molar-refractivity contribution in [1.82, 2.24) is 5.32 Å². The number of rotatable bonds is 41. The van der Waals surface area contributed by atoms with Crippen LogP contribution in [0.25, 0.3) is 0 Å². The first-order valence-electron chi connectivity index (χ1n) is 23.7. The largest absolute Gasteiger partial charge is 0.394 e. The molecule has 0 bridgehead atoms. The lowest BCUT2D eigenvalue weighted by atomic mass is 10.0. The monoisotopic (exact) mass is 800 g/mol. The van der Waals surface area contributed by atoms with Gasteiger partial charge in [-0.15, -0.1) is 0 Å². The molecule has 2 unspecified atom stereocenters. The van der Waals surface area contributed by atoms with Gasteiger partial charge in [-0.2, -0.15) is 0 Å². The van der Waals surface area contributed by atoms with Crippen LogP contribution < -0.4 is 5.32 Å². The quantitative estimate of drug-likeness (QED) is 0.0426. The molecule has 0 heterocycles. The molecule has 0 rings (SSSR count). The zero-order chi connectivity index (χ0) is 42.1. The fourth-order valence-electron chi connectivity index (χ4n) is 6.34. The second kappa shape index (κ2) is 48.2. The summed E-state index contributed by atoms with van der Waals surface area (Å²) in [7, 11) is 0. The Bertz CT molecular complexity index is 1180. The molecule has 3 N–H and O–H groups in total. The lowest BCUT2D eigenvalue weighted by Crippen LogP contribution is -2.45. The van der Waals surface area contributed by atoms with Crippen LogP contribution in [0.2, 0.25) is 0 Å². The zero-order valence-electron chi connectivity index (χ0n) is 37.5. The van der Waals surface area contributed by atoms with Gasteiger partial charge in [0.2, 0.25) is 5.91 Å². The summed E-state index contributed by atoms with van der Waals surface area (Å²) in [5.74, 6) is -0.0786. The van der Waals surface area contributed by atoms with Crippen LogP contribution >= 0.6 is 0 Å². The molecule has 0 saturated heterocycles. The van der Waals surface area contributed by atoms with Crippen LogP contribution in [0.15, 0.2) is 122 Å². The number of hydrogen-bond donors (Lipinski definition) is 3. The number of carbonyl (C=O) groups is 1. The van der Waals surface area contributed by atoms with E-state index in [2.05, 4.69) is 129 Å². The maximum Gasteiger partial charge on any atom is 0.220 e. The number of unbranched alkanes of at least 4 members (excludes halogenated alkanes) is 16. The number of hydrogen-bond acceptors (Lipinski definition) is 3. The number of allylic oxidation sites excluding steroid dienone is 19. The van der Waals surface area contributed by atoms with E-state index in [1.165, 1.54) is 89.9 Å². The van der Waals surface area contributed by atoms with E-state index in [1.54, 1.807) is 6.08 Å². The van der Waals surface area contributed by atoms with E-state index in [0.717, 1.165) is 83.5 Å². The predicted octanol–water partition coefficient (Wildman–Crippen LogP) is 15.3. The number of nitrogens with one attached hydrogen (secondary N) is 1. The number of aliphatic hydroxyl groups excluding tert-OH is 2. The van der Waals surface area contributed by atoms with E-state index in [9.17, 15) is 15.0 Å². The molecule has 4 nitrogen and oxygen atoms in total. The van der Waals surface area contributed by atoms with Crippen molar-refractivity contribution in [3.05, 3.63) is 122 Å². The molecule has 58 heavy (non-hydrogen) atoms. The fourth-order valence-corrected chi connectivity index (χ4v) is 6.34. The maximum atomic E-state index is 12.3. The molecule has 0 radical (unpaired) electrons. The van der Waals surface area contributed by atoms with E-state index < -0.39 is 12.1 Å². The van der Waals surface area contributed by atoms with Crippen molar-refractivity contribution >= 4 is 5.91 Å². The lowest BCUT2D eigenvalue weighted by molar-refractivity contribution is -0.123. The highest BCUT2D eigenvalue weighted by atomic mass is 16.3. The van der Waals surface area contributed by atoms with E-state index >= 15 is 0 Å². The molecule has 0 fully saturated rings. The first-order chi connectivity index (χ1) is 28.7. The average Bonchev–Trinajstić information content (AvgIpc) is 3.23. The summed E-state index contributed by atoms with van der Waals surface area (Å²) in [5.41, 5.74) is 0. The van der Waals surface area contributed by atoms with Gasteiger partial charge in [-0.1, -0.05) is 219 Å². The van der Waals surface area contributed by atoms with E-state index in [0.29, 0.717) is 6.42 Å². The Morgan fingerprint density at radius 1 is 0.431 bits per heavy atom. The normalized spacial score (nSPS) is 14.1. The molecule has 0 aromatic carbocycles. The second-order valence-electron chi connectivity index (χ2n) is 15.4. The molecule has 0 aliphatic rings. The minimum atomic E-state index is -0.841. The summed E-state index contributed by atoms with van der Waals surface area (Å²) in [6.07, 6.45) is 75.1. The van der Waals surface area contributed by atoms with Crippen LogP contribution in [-0.2, 0) is 4.79 Å². The fraction of sp³-hybridized carbons (Fsp3) is 0.611. The Morgan fingerprint density at radius 2 is 0.759 bits per heavy atom. The van der Waals surface area contributed by atoms with E-state index in [1.807, 2.05) is 6.08 Å². The topological polar surface area (TPSA) is 69.6 Å². The molecule has 0 spiro atoms. The van der Waals surface area contributed by atoms with Gasteiger partial charge in [-0.3, -0.25) is 4.79 Å². The Hall–Kier alpha value is -3.21. The molecule has 2 atom stereocenters. The van der Waals surface area contributed by atoms with Crippen molar-refractivity contribution in [2.45, 2.75) is 206 Å². The van der Waals surface area contributed by atoms with Gasteiger partial charge in [0.15, 0.2) is 0 Å². The van der Waals surface area contributed by atoms with Crippen molar-refractivity contribution in [3.63, 3.8) is 0 Å². The number of amides is 1. The first kappa shape index (κ1) is 54.8. The Kier molecular flexibility index (Phi) is 45.5. The van der Waals surface area contributed by atoms with E-state index in [-0.39, 0.29) is 12.5 Å². The van der Waals surface area contributed by atoms with E-state index in [4.69, 9.17) is 0 Å². The summed E-state index contributed by atoms with van der Waals surface area (Å²) in [6.45, 7) is 4.08. The molecule has 0 saturated carbocycles.